The van der Waals surface area contributed by atoms with E-state index in [4.69, 9.17) is 16.7 Å². The van der Waals surface area contributed by atoms with Crippen LogP contribution in [0, 0.1) is 11.3 Å². The van der Waals surface area contributed by atoms with Gasteiger partial charge in [0.2, 0.25) is 0 Å². The molecule has 0 aliphatic heterocycles. The van der Waals surface area contributed by atoms with Crippen molar-refractivity contribution in [2.75, 3.05) is 0 Å². The molecule has 0 saturated heterocycles. The fraction of sp³-hybridized carbons (Fsp3) is 0.375. The number of hydrogen-bond acceptors (Lipinski definition) is 3. The van der Waals surface area contributed by atoms with Crippen molar-refractivity contribution in [3.63, 3.8) is 0 Å². The summed E-state index contributed by atoms with van der Waals surface area (Å²) >= 11 is 0. The van der Waals surface area contributed by atoms with Gasteiger partial charge in [-0.15, -0.1) is 0 Å². The van der Waals surface area contributed by atoms with Crippen molar-refractivity contribution in [2.45, 2.75) is 19.8 Å². The van der Waals surface area contributed by atoms with E-state index in [-0.39, 0.29) is 0 Å². The standard InChI is InChI=1S/C8H13N3/c1-2-3-8(11)4-7(5-9)6-10/h4-5H,2-3,9,11H2,1H3/b7-5+,8-4-. The van der Waals surface area contributed by atoms with Crippen molar-refractivity contribution in [1.82, 2.24) is 0 Å². The molecule has 0 unspecified atom stereocenters. The monoisotopic (exact) mass is 151 g/mol. The van der Waals surface area contributed by atoms with E-state index < -0.39 is 0 Å². The summed E-state index contributed by atoms with van der Waals surface area (Å²) in [6.07, 6.45) is 4.64. The largest absolute Gasteiger partial charge is 0.404 e. The number of nitrogens with two attached hydrogens (primary N) is 2. The maximum Gasteiger partial charge on any atom is 0.101 e. The minimum absolute atomic E-state index is 0.413. The van der Waals surface area contributed by atoms with E-state index in [1.807, 2.05) is 13.0 Å². The van der Waals surface area contributed by atoms with Crippen LogP contribution >= 0.6 is 0 Å². The zero-order chi connectivity index (χ0) is 8.69. The second kappa shape index (κ2) is 5.36. The van der Waals surface area contributed by atoms with E-state index >= 15 is 0 Å². The molecule has 0 aromatic carbocycles. The number of nitriles is 1. The van der Waals surface area contributed by atoms with Gasteiger partial charge < -0.3 is 11.5 Å². The SMILES string of the molecule is CCC/C(N)=C/C(C#N)=C\N. The molecule has 0 aromatic rings. The van der Waals surface area contributed by atoms with Gasteiger partial charge in [-0.05, 0) is 12.5 Å². The van der Waals surface area contributed by atoms with Crippen LogP contribution in [0.15, 0.2) is 23.5 Å². The number of rotatable bonds is 3. The summed E-state index contributed by atoms with van der Waals surface area (Å²) in [5.74, 6) is 0. The molecule has 3 nitrogen and oxygen atoms in total. The Kier molecular flexibility index (Phi) is 4.67. The van der Waals surface area contributed by atoms with Crippen LogP contribution in [-0.4, -0.2) is 0 Å². The van der Waals surface area contributed by atoms with Crippen LogP contribution < -0.4 is 11.5 Å². The quantitative estimate of drug-likeness (QED) is 0.466. The first-order valence-electron chi connectivity index (χ1n) is 3.52. The minimum atomic E-state index is 0.413. The lowest BCUT2D eigenvalue weighted by atomic mass is 10.2. The molecule has 11 heavy (non-hydrogen) atoms. The molecular formula is C8H13N3. The zero-order valence-electron chi connectivity index (χ0n) is 6.67. The van der Waals surface area contributed by atoms with Crippen molar-refractivity contribution < 1.29 is 0 Å². The summed E-state index contributed by atoms with van der Waals surface area (Å²) in [4.78, 5) is 0. The van der Waals surface area contributed by atoms with E-state index in [2.05, 4.69) is 0 Å². The summed E-state index contributed by atoms with van der Waals surface area (Å²) in [7, 11) is 0. The van der Waals surface area contributed by atoms with Crippen LogP contribution in [0.5, 0.6) is 0 Å². The highest BCUT2D eigenvalue weighted by Gasteiger charge is 1.91. The molecule has 0 radical (unpaired) electrons. The molecule has 0 saturated carbocycles. The summed E-state index contributed by atoms with van der Waals surface area (Å²) in [6.45, 7) is 2.03. The van der Waals surface area contributed by atoms with Gasteiger partial charge in [-0.2, -0.15) is 5.26 Å². The normalized spacial score (nSPS) is 12.7. The predicted octanol–water partition coefficient (Wildman–Crippen LogP) is 0.995. The first-order chi connectivity index (χ1) is 5.24. The van der Waals surface area contributed by atoms with E-state index in [0.717, 1.165) is 12.8 Å². The number of allylic oxidation sites excluding steroid dienone is 3. The summed E-state index contributed by atoms with van der Waals surface area (Å²) in [5.41, 5.74) is 11.8. The Hall–Kier alpha value is -1.43. The van der Waals surface area contributed by atoms with Gasteiger partial charge in [0.15, 0.2) is 0 Å². The molecule has 0 amide bonds. The lowest BCUT2D eigenvalue weighted by Crippen LogP contribution is -1.97. The molecule has 0 fully saturated rings. The molecule has 3 heteroatoms. The Labute approximate surface area is 67.0 Å². The Morgan fingerprint density at radius 2 is 2.27 bits per heavy atom. The molecule has 60 valence electrons. The molecule has 4 N–H and O–H groups in total. The van der Waals surface area contributed by atoms with Crippen LogP contribution in [0.2, 0.25) is 0 Å². The van der Waals surface area contributed by atoms with Gasteiger partial charge >= 0.3 is 0 Å². The smallest absolute Gasteiger partial charge is 0.101 e. The summed E-state index contributed by atoms with van der Waals surface area (Å²) in [5, 5.41) is 8.44. The summed E-state index contributed by atoms with van der Waals surface area (Å²) in [6, 6.07) is 1.92. The first-order valence-corrected chi connectivity index (χ1v) is 3.52. The van der Waals surface area contributed by atoms with Crippen molar-refractivity contribution in [3.05, 3.63) is 23.5 Å². The van der Waals surface area contributed by atoms with Crippen molar-refractivity contribution in [3.8, 4) is 6.07 Å². The predicted molar refractivity (Wildman–Crippen MR) is 45.1 cm³/mol. The van der Waals surface area contributed by atoms with Crippen LogP contribution in [-0.2, 0) is 0 Å². The molecule has 0 heterocycles. The molecule has 0 spiro atoms. The Bertz CT molecular complexity index is 208. The van der Waals surface area contributed by atoms with Gasteiger partial charge in [0, 0.05) is 11.9 Å². The highest BCUT2D eigenvalue weighted by atomic mass is 14.6. The van der Waals surface area contributed by atoms with E-state index in [0.29, 0.717) is 11.3 Å². The van der Waals surface area contributed by atoms with E-state index in [9.17, 15) is 0 Å². The Morgan fingerprint density at radius 3 is 2.64 bits per heavy atom. The van der Waals surface area contributed by atoms with Gasteiger partial charge in [-0.25, -0.2) is 0 Å². The topological polar surface area (TPSA) is 75.8 Å². The average molecular weight is 151 g/mol. The third kappa shape index (κ3) is 4.04. The van der Waals surface area contributed by atoms with Gasteiger partial charge in [-0.1, -0.05) is 13.3 Å². The number of nitrogens with zero attached hydrogens (tertiary/aromatic N) is 1. The average Bonchev–Trinajstić information content (AvgIpc) is 2.01. The van der Waals surface area contributed by atoms with Crippen LogP contribution in [0.3, 0.4) is 0 Å². The molecule has 0 bridgehead atoms. The zero-order valence-corrected chi connectivity index (χ0v) is 6.67. The second-order valence-corrected chi connectivity index (χ2v) is 2.20. The Balaban J connectivity index is 4.19. The molecule has 0 aliphatic carbocycles. The molecule has 0 atom stereocenters. The summed E-state index contributed by atoms with van der Waals surface area (Å²) < 4.78 is 0. The van der Waals surface area contributed by atoms with Gasteiger partial charge in [0.25, 0.3) is 0 Å². The van der Waals surface area contributed by atoms with Crippen molar-refractivity contribution >= 4 is 0 Å². The van der Waals surface area contributed by atoms with Crippen LogP contribution in [0.4, 0.5) is 0 Å². The van der Waals surface area contributed by atoms with Crippen molar-refractivity contribution in [1.29, 1.82) is 5.26 Å². The lowest BCUT2D eigenvalue weighted by molar-refractivity contribution is 0.892. The molecule has 0 aliphatic rings. The van der Waals surface area contributed by atoms with Gasteiger partial charge in [-0.3, -0.25) is 0 Å². The Morgan fingerprint density at radius 1 is 1.64 bits per heavy atom. The first kappa shape index (κ1) is 9.57. The molecular weight excluding hydrogens is 138 g/mol. The van der Waals surface area contributed by atoms with Crippen LogP contribution in [0.1, 0.15) is 19.8 Å². The third-order valence-corrected chi connectivity index (χ3v) is 1.19. The highest BCUT2D eigenvalue weighted by molar-refractivity contribution is 5.33. The van der Waals surface area contributed by atoms with Crippen molar-refractivity contribution in [2.24, 2.45) is 11.5 Å². The number of hydrogen-bond donors (Lipinski definition) is 2. The van der Waals surface area contributed by atoms with Crippen LogP contribution in [0.25, 0.3) is 0 Å². The highest BCUT2D eigenvalue weighted by Crippen LogP contribution is 2.01. The van der Waals surface area contributed by atoms with Gasteiger partial charge in [0.05, 0.1) is 5.57 Å². The maximum absolute atomic E-state index is 8.44. The van der Waals surface area contributed by atoms with E-state index in [1.165, 1.54) is 6.20 Å². The molecule has 0 rings (SSSR count). The maximum atomic E-state index is 8.44. The fourth-order valence-corrected chi connectivity index (χ4v) is 0.678. The fourth-order valence-electron chi connectivity index (χ4n) is 0.678. The second-order valence-electron chi connectivity index (χ2n) is 2.20. The molecule has 0 aromatic heterocycles. The van der Waals surface area contributed by atoms with Gasteiger partial charge in [0.1, 0.15) is 6.07 Å². The van der Waals surface area contributed by atoms with E-state index in [1.54, 1.807) is 6.08 Å². The minimum Gasteiger partial charge on any atom is -0.404 e. The third-order valence-electron chi connectivity index (χ3n) is 1.19. The lowest BCUT2D eigenvalue weighted by Gasteiger charge is -1.95.